The third-order valence-electron chi connectivity index (χ3n) is 4.15. The molecule has 2 heterocycles. The van der Waals surface area contributed by atoms with E-state index in [1.807, 2.05) is 41.2 Å². The molecule has 8 heteroatoms. The lowest BCUT2D eigenvalue weighted by Crippen LogP contribution is -2.28. The number of nitrogens with two attached hydrogens (primary N) is 1. The number of hydrogen-bond donors (Lipinski definition) is 2. The molecule has 130 valence electrons. The molecule has 0 spiro atoms. The lowest BCUT2D eigenvalue weighted by Gasteiger charge is -2.26. The molecule has 3 N–H and O–H groups in total. The van der Waals surface area contributed by atoms with Gasteiger partial charge in [-0.3, -0.25) is 15.6 Å². The molecule has 0 amide bonds. The highest BCUT2D eigenvalue weighted by Crippen LogP contribution is 2.33. The fourth-order valence-electron chi connectivity index (χ4n) is 2.71. The normalized spacial score (nSPS) is 18.3. The first kappa shape index (κ1) is 16.8. The van der Waals surface area contributed by atoms with Crippen LogP contribution in [0.2, 0.25) is 0 Å². The molecule has 0 radical (unpaired) electrons. The largest absolute Gasteiger partial charge is 0.283 e. The molecule has 4 rings (SSSR count). The summed E-state index contributed by atoms with van der Waals surface area (Å²) in [6.45, 7) is 0.604. The average Bonchev–Trinajstić information content (AvgIpc) is 3.18. The standard InChI is InChI=1S/C18H15BrN6O/c19-17-9-14(3-6-16(17)18(21)23-26-18)11-25(24-8-7-22-12-24)15-4-1-13(10-20)2-5-15/h1-9,12,23H,11,21H2. The Hall–Kier alpha value is -2.70. The van der Waals surface area contributed by atoms with Gasteiger partial charge in [-0.05, 0) is 35.9 Å². The number of nitrogens with zero attached hydrogens (tertiary/aromatic N) is 4. The Labute approximate surface area is 158 Å². The highest BCUT2D eigenvalue weighted by atomic mass is 79.9. The maximum Gasteiger partial charge on any atom is 0.240 e. The number of benzene rings is 2. The molecule has 3 aromatic rings. The minimum atomic E-state index is -0.908. The molecule has 1 aliphatic heterocycles. The van der Waals surface area contributed by atoms with Gasteiger partial charge in [0.15, 0.2) is 0 Å². The van der Waals surface area contributed by atoms with E-state index < -0.39 is 5.85 Å². The van der Waals surface area contributed by atoms with Crippen LogP contribution in [0.5, 0.6) is 0 Å². The first-order valence-electron chi connectivity index (χ1n) is 7.88. The Morgan fingerprint density at radius 1 is 1.31 bits per heavy atom. The SMILES string of the molecule is N#Cc1ccc(N(Cc2ccc(C3(N)NO3)c(Br)c2)n2ccnc2)cc1. The summed E-state index contributed by atoms with van der Waals surface area (Å²) in [5.41, 5.74) is 12.2. The molecule has 26 heavy (non-hydrogen) atoms. The summed E-state index contributed by atoms with van der Waals surface area (Å²) in [7, 11) is 0. The van der Waals surface area contributed by atoms with Gasteiger partial charge in [0, 0.05) is 22.4 Å². The monoisotopic (exact) mass is 410 g/mol. The van der Waals surface area contributed by atoms with E-state index >= 15 is 0 Å². The van der Waals surface area contributed by atoms with Crippen LogP contribution in [0.3, 0.4) is 0 Å². The molecule has 0 saturated carbocycles. The van der Waals surface area contributed by atoms with Gasteiger partial charge in [0.1, 0.15) is 6.33 Å². The molecular weight excluding hydrogens is 396 g/mol. The van der Waals surface area contributed by atoms with Crippen molar-refractivity contribution in [1.82, 2.24) is 15.1 Å². The minimum Gasteiger partial charge on any atom is -0.283 e. The average molecular weight is 411 g/mol. The predicted molar refractivity (Wildman–Crippen MR) is 99.2 cm³/mol. The topological polar surface area (TPSA) is 105 Å². The van der Waals surface area contributed by atoms with Crippen molar-refractivity contribution in [2.24, 2.45) is 5.73 Å². The zero-order valence-corrected chi connectivity index (χ0v) is 15.2. The van der Waals surface area contributed by atoms with Gasteiger partial charge in [0.05, 0.1) is 23.9 Å². The number of imidazole rings is 1. The zero-order valence-electron chi connectivity index (χ0n) is 13.6. The first-order valence-corrected chi connectivity index (χ1v) is 8.67. The fourth-order valence-corrected chi connectivity index (χ4v) is 3.43. The molecule has 1 aliphatic rings. The van der Waals surface area contributed by atoms with Crippen molar-refractivity contribution in [3.05, 3.63) is 82.3 Å². The molecule has 2 aromatic carbocycles. The Bertz CT molecular complexity index is 960. The number of hydroxylamine groups is 1. The second-order valence-corrected chi connectivity index (χ2v) is 6.77. The highest BCUT2D eigenvalue weighted by Gasteiger charge is 2.44. The van der Waals surface area contributed by atoms with Crippen LogP contribution in [-0.2, 0) is 17.2 Å². The van der Waals surface area contributed by atoms with Crippen LogP contribution in [0.25, 0.3) is 0 Å². The molecule has 1 atom stereocenters. The predicted octanol–water partition coefficient (Wildman–Crippen LogP) is 2.59. The lowest BCUT2D eigenvalue weighted by atomic mass is 10.1. The van der Waals surface area contributed by atoms with E-state index in [1.54, 1.807) is 24.7 Å². The van der Waals surface area contributed by atoms with E-state index in [9.17, 15) is 0 Å². The smallest absolute Gasteiger partial charge is 0.240 e. The van der Waals surface area contributed by atoms with Crippen LogP contribution in [0.4, 0.5) is 5.69 Å². The second-order valence-electron chi connectivity index (χ2n) is 5.91. The number of nitriles is 1. The van der Waals surface area contributed by atoms with Crippen molar-refractivity contribution < 1.29 is 4.84 Å². The summed E-state index contributed by atoms with van der Waals surface area (Å²) < 4.78 is 2.77. The molecule has 1 unspecified atom stereocenters. The maximum absolute atomic E-state index is 9.00. The second kappa shape index (κ2) is 6.55. The van der Waals surface area contributed by atoms with Crippen LogP contribution in [0, 0.1) is 11.3 Å². The number of anilines is 1. The number of halogens is 1. The number of nitrogens with one attached hydrogen (secondary N) is 1. The summed E-state index contributed by atoms with van der Waals surface area (Å²) in [6, 6.07) is 15.5. The maximum atomic E-state index is 9.00. The third-order valence-corrected chi connectivity index (χ3v) is 4.81. The van der Waals surface area contributed by atoms with Crippen LogP contribution in [0.15, 0.2) is 65.7 Å². The van der Waals surface area contributed by atoms with Crippen molar-refractivity contribution in [3.8, 4) is 6.07 Å². The van der Waals surface area contributed by atoms with E-state index in [1.165, 1.54) is 0 Å². The van der Waals surface area contributed by atoms with Gasteiger partial charge < -0.3 is 0 Å². The van der Waals surface area contributed by atoms with E-state index in [0.29, 0.717) is 12.1 Å². The van der Waals surface area contributed by atoms with Crippen LogP contribution < -0.4 is 16.2 Å². The molecule has 1 aromatic heterocycles. The van der Waals surface area contributed by atoms with Crippen LogP contribution in [-0.4, -0.2) is 9.66 Å². The van der Waals surface area contributed by atoms with E-state index in [4.69, 9.17) is 15.8 Å². The summed E-state index contributed by atoms with van der Waals surface area (Å²) in [4.78, 5) is 9.22. The Balaban J connectivity index is 1.65. The van der Waals surface area contributed by atoms with Gasteiger partial charge in [-0.1, -0.05) is 28.1 Å². The number of aromatic nitrogens is 2. The first-order chi connectivity index (χ1) is 12.6. The Morgan fingerprint density at radius 2 is 2.08 bits per heavy atom. The molecule has 0 aliphatic carbocycles. The van der Waals surface area contributed by atoms with E-state index in [2.05, 4.69) is 37.5 Å². The summed E-state index contributed by atoms with van der Waals surface area (Å²) in [5.74, 6) is -0.908. The molecule has 1 fully saturated rings. The van der Waals surface area contributed by atoms with Gasteiger partial charge in [0.2, 0.25) is 5.85 Å². The van der Waals surface area contributed by atoms with Crippen molar-refractivity contribution in [1.29, 1.82) is 5.26 Å². The minimum absolute atomic E-state index is 0.604. The number of hydrogen-bond acceptors (Lipinski definition) is 6. The van der Waals surface area contributed by atoms with Crippen LogP contribution >= 0.6 is 15.9 Å². The summed E-state index contributed by atoms with van der Waals surface area (Å²) >= 11 is 3.56. The highest BCUT2D eigenvalue weighted by molar-refractivity contribution is 9.10. The summed E-state index contributed by atoms with van der Waals surface area (Å²) in [5, 5.41) is 11.1. The Morgan fingerprint density at radius 3 is 2.65 bits per heavy atom. The van der Waals surface area contributed by atoms with Gasteiger partial charge in [-0.25, -0.2) is 9.66 Å². The van der Waals surface area contributed by atoms with Gasteiger partial charge in [-0.15, -0.1) is 5.48 Å². The quantitative estimate of drug-likeness (QED) is 0.626. The van der Waals surface area contributed by atoms with Crippen molar-refractivity contribution >= 4 is 21.6 Å². The fraction of sp³-hybridized carbons (Fsp3) is 0.111. The van der Waals surface area contributed by atoms with Crippen molar-refractivity contribution in [2.75, 3.05) is 5.01 Å². The van der Waals surface area contributed by atoms with Gasteiger partial charge in [-0.2, -0.15) is 5.26 Å². The Kier molecular flexibility index (Phi) is 4.22. The lowest BCUT2D eigenvalue weighted by molar-refractivity contribution is 0.300. The van der Waals surface area contributed by atoms with Gasteiger partial charge >= 0.3 is 0 Å². The van der Waals surface area contributed by atoms with Crippen molar-refractivity contribution in [2.45, 2.75) is 12.4 Å². The van der Waals surface area contributed by atoms with E-state index in [0.717, 1.165) is 21.3 Å². The third kappa shape index (κ3) is 3.21. The van der Waals surface area contributed by atoms with Crippen molar-refractivity contribution in [3.63, 3.8) is 0 Å². The molecule has 7 nitrogen and oxygen atoms in total. The van der Waals surface area contributed by atoms with E-state index in [-0.39, 0.29) is 0 Å². The molecular formula is C18H15BrN6O. The zero-order chi connectivity index (χ0) is 18.1. The van der Waals surface area contributed by atoms with Crippen LogP contribution in [0.1, 0.15) is 16.7 Å². The molecule has 0 bridgehead atoms. The summed E-state index contributed by atoms with van der Waals surface area (Å²) in [6.07, 6.45) is 5.33. The van der Waals surface area contributed by atoms with Gasteiger partial charge in [0.25, 0.3) is 0 Å². The number of rotatable bonds is 5. The molecule has 1 saturated heterocycles.